The van der Waals surface area contributed by atoms with Gasteiger partial charge < -0.3 is 4.74 Å². The fraction of sp³-hybridized carbons (Fsp3) is 0.158. The Kier molecular flexibility index (Phi) is 6.07. The summed E-state index contributed by atoms with van der Waals surface area (Å²) in [6, 6.07) is 11.3. The highest BCUT2D eigenvalue weighted by Gasteiger charge is 2.22. The fourth-order valence-corrected chi connectivity index (χ4v) is 4.26. The highest BCUT2D eigenvalue weighted by molar-refractivity contribution is 7.92. The normalized spacial score (nSPS) is 12.4. The van der Waals surface area contributed by atoms with E-state index >= 15 is 0 Å². The van der Waals surface area contributed by atoms with Crippen LogP contribution in [-0.4, -0.2) is 18.4 Å². The van der Waals surface area contributed by atoms with E-state index in [0.29, 0.717) is 5.69 Å². The van der Waals surface area contributed by atoms with Gasteiger partial charge in [0.1, 0.15) is 16.7 Å². The minimum Gasteiger partial charge on any atom is -0.468 e. The molecular weight excluding hydrogens is 421 g/mol. The smallest absolute Gasteiger partial charge is 0.263 e. The molecule has 1 N–H and O–H groups in total. The third-order valence-electron chi connectivity index (χ3n) is 3.89. The third kappa shape index (κ3) is 4.55. The third-order valence-corrected chi connectivity index (χ3v) is 6.23. The minimum absolute atomic E-state index is 0.0528. The lowest BCUT2D eigenvalue weighted by atomic mass is 10.2. The topological polar surface area (TPSA) is 81.2 Å². The van der Waals surface area contributed by atoms with Gasteiger partial charge in [0.05, 0.1) is 10.0 Å². The molecule has 1 unspecified atom stereocenters. The first kappa shape index (κ1) is 20.4. The molecule has 0 radical (unpaired) electrons. The van der Waals surface area contributed by atoms with E-state index in [1.165, 1.54) is 18.2 Å². The second-order valence-electron chi connectivity index (χ2n) is 6.01. The standard InChI is InChI=1S/C19H17Cl2N3O3S/c1-12-8-9-16(19(23-12)27-13(2)14-5-4-10-22-11-14)24-28(25,26)17-7-3-6-15(20)18(17)21/h3-11,13,24H,1-2H3. The number of anilines is 1. The average molecular weight is 438 g/mol. The van der Waals surface area contributed by atoms with Crippen molar-refractivity contribution in [1.82, 2.24) is 9.97 Å². The Labute approximate surface area is 173 Å². The van der Waals surface area contributed by atoms with Crippen molar-refractivity contribution in [3.05, 3.63) is 76.2 Å². The lowest BCUT2D eigenvalue weighted by Gasteiger charge is -2.18. The van der Waals surface area contributed by atoms with E-state index in [1.807, 2.05) is 13.0 Å². The zero-order valence-electron chi connectivity index (χ0n) is 15.1. The predicted molar refractivity (Wildman–Crippen MR) is 110 cm³/mol. The Morgan fingerprint density at radius 3 is 2.61 bits per heavy atom. The van der Waals surface area contributed by atoms with Crippen molar-refractivity contribution < 1.29 is 13.2 Å². The van der Waals surface area contributed by atoms with E-state index in [4.69, 9.17) is 27.9 Å². The molecule has 1 aromatic carbocycles. The van der Waals surface area contributed by atoms with Crippen LogP contribution in [0.3, 0.4) is 0 Å². The maximum absolute atomic E-state index is 12.8. The highest BCUT2D eigenvalue weighted by Crippen LogP contribution is 2.33. The summed E-state index contributed by atoms with van der Waals surface area (Å²) in [6.07, 6.45) is 2.95. The summed E-state index contributed by atoms with van der Waals surface area (Å²) in [5.74, 6) is 0.151. The van der Waals surface area contributed by atoms with Crippen molar-refractivity contribution in [3.63, 3.8) is 0 Å². The van der Waals surface area contributed by atoms with Gasteiger partial charge in [0.25, 0.3) is 10.0 Å². The summed E-state index contributed by atoms with van der Waals surface area (Å²) in [4.78, 5) is 8.26. The van der Waals surface area contributed by atoms with Crippen LogP contribution in [0.5, 0.6) is 5.88 Å². The molecule has 2 heterocycles. The van der Waals surface area contributed by atoms with Gasteiger partial charge in [-0.15, -0.1) is 0 Å². The van der Waals surface area contributed by atoms with E-state index in [0.717, 1.165) is 5.56 Å². The van der Waals surface area contributed by atoms with Crippen LogP contribution in [0.25, 0.3) is 0 Å². The first-order chi connectivity index (χ1) is 13.3. The van der Waals surface area contributed by atoms with Crippen molar-refractivity contribution >= 4 is 38.9 Å². The second kappa shape index (κ2) is 8.34. The van der Waals surface area contributed by atoms with Crippen LogP contribution in [0.1, 0.15) is 24.3 Å². The number of pyridine rings is 2. The molecule has 2 aromatic heterocycles. The summed E-state index contributed by atoms with van der Waals surface area (Å²) in [5.41, 5.74) is 1.70. The zero-order chi connectivity index (χ0) is 20.3. The molecule has 6 nitrogen and oxygen atoms in total. The Morgan fingerprint density at radius 1 is 1.11 bits per heavy atom. The molecule has 3 aromatic rings. The lowest BCUT2D eigenvalue weighted by molar-refractivity contribution is 0.218. The first-order valence-electron chi connectivity index (χ1n) is 8.29. The summed E-state index contributed by atoms with van der Waals surface area (Å²) in [7, 11) is -4.00. The molecule has 28 heavy (non-hydrogen) atoms. The van der Waals surface area contributed by atoms with Crippen LogP contribution in [0, 0.1) is 6.92 Å². The molecule has 3 rings (SSSR count). The summed E-state index contributed by atoms with van der Waals surface area (Å²) >= 11 is 12.0. The maximum Gasteiger partial charge on any atom is 0.263 e. The second-order valence-corrected chi connectivity index (χ2v) is 8.45. The van der Waals surface area contributed by atoms with Gasteiger partial charge in [-0.25, -0.2) is 13.4 Å². The van der Waals surface area contributed by atoms with Crippen LogP contribution in [0.15, 0.2) is 59.8 Å². The minimum atomic E-state index is -4.00. The lowest BCUT2D eigenvalue weighted by Crippen LogP contribution is -2.16. The monoisotopic (exact) mass is 437 g/mol. The molecule has 0 amide bonds. The van der Waals surface area contributed by atoms with E-state index in [-0.39, 0.29) is 32.6 Å². The fourth-order valence-electron chi connectivity index (χ4n) is 2.44. The Hall–Kier alpha value is -2.35. The molecule has 1 atom stereocenters. The Bertz CT molecular complexity index is 1090. The molecular formula is C19H17Cl2N3O3S. The van der Waals surface area contributed by atoms with Gasteiger partial charge in [0, 0.05) is 23.7 Å². The van der Waals surface area contributed by atoms with Crippen molar-refractivity contribution in [2.75, 3.05) is 4.72 Å². The number of rotatable bonds is 6. The molecule has 9 heteroatoms. The molecule has 0 saturated heterocycles. The summed E-state index contributed by atoms with van der Waals surface area (Å²) in [5, 5.41) is 0.0937. The molecule has 0 aliphatic carbocycles. The summed E-state index contributed by atoms with van der Waals surface area (Å²) < 4.78 is 34.0. The molecule has 0 aliphatic heterocycles. The van der Waals surface area contributed by atoms with Gasteiger partial charge in [-0.1, -0.05) is 35.3 Å². The van der Waals surface area contributed by atoms with Crippen molar-refractivity contribution in [2.24, 2.45) is 0 Å². The van der Waals surface area contributed by atoms with Gasteiger partial charge >= 0.3 is 0 Å². The molecule has 0 spiro atoms. The number of benzene rings is 1. The predicted octanol–water partition coefficient (Wildman–Crippen LogP) is 5.03. The van der Waals surface area contributed by atoms with Crippen LogP contribution in [0.4, 0.5) is 5.69 Å². The van der Waals surface area contributed by atoms with Gasteiger partial charge in [-0.2, -0.15) is 0 Å². The Morgan fingerprint density at radius 2 is 1.89 bits per heavy atom. The molecule has 0 fully saturated rings. The van der Waals surface area contributed by atoms with Crippen LogP contribution in [-0.2, 0) is 10.0 Å². The van der Waals surface area contributed by atoms with E-state index in [2.05, 4.69) is 14.7 Å². The van der Waals surface area contributed by atoms with Gasteiger partial charge in [-0.3, -0.25) is 9.71 Å². The average Bonchev–Trinajstić information content (AvgIpc) is 2.66. The number of ether oxygens (including phenoxy) is 1. The summed E-state index contributed by atoms with van der Waals surface area (Å²) in [6.45, 7) is 3.61. The number of halogens is 2. The molecule has 146 valence electrons. The Balaban J connectivity index is 1.93. The number of aryl methyl sites for hydroxylation is 1. The number of nitrogens with zero attached hydrogens (tertiary/aromatic N) is 2. The van der Waals surface area contributed by atoms with Crippen molar-refractivity contribution in [1.29, 1.82) is 0 Å². The largest absolute Gasteiger partial charge is 0.468 e. The molecule has 0 bridgehead atoms. The molecule has 0 saturated carbocycles. The number of hydrogen-bond acceptors (Lipinski definition) is 5. The molecule has 0 aliphatic rings. The van der Waals surface area contributed by atoms with Gasteiger partial charge in [-0.05, 0) is 44.2 Å². The number of nitrogens with one attached hydrogen (secondary N) is 1. The van der Waals surface area contributed by atoms with Gasteiger partial charge in [0.15, 0.2) is 0 Å². The van der Waals surface area contributed by atoms with Crippen molar-refractivity contribution in [3.8, 4) is 5.88 Å². The highest BCUT2D eigenvalue weighted by atomic mass is 35.5. The van der Waals surface area contributed by atoms with Crippen LogP contribution >= 0.6 is 23.2 Å². The number of sulfonamides is 1. The quantitative estimate of drug-likeness (QED) is 0.584. The van der Waals surface area contributed by atoms with E-state index in [1.54, 1.807) is 37.5 Å². The van der Waals surface area contributed by atoms with Crippen molar-refractivity contribution in [2.45, 2.75) is 24.8 Å². The SMILES string of the molecule is Cc1ccc(NS(=O)(=O)c2cccc(Cl)c2Cl)c(OC(C)c2cccnc2)n1. The van der Waals surface area contributed by atoms with Crippen LogP contribution in [0.2, 0.25) is 10.0 Å². The van der Waals surface area contributed by atoms with Gasteiger partial charge in [0.2, 0.25) is 5.88 Å². The van der Waals surface area contributed by atoms with E-state index in [9.17, 15) is 8.42 Å². The maximum atomic E-state index is 12.8. The first-order valence-corrected chi connectivity index (χ1v) is 10.5. The zero-order valence-corrected chi connectivity index (χ0v) is 17.4. The van der Waals surface area contributed by atoms with Crippen LogP contribution < -0.4 is 9.46 Å². The number of aromatic nitrogens is 2. The number of hydrogen-bond donors (Lipinski definition) is 1. The van der Waals surface area contributed by atoms with E-state index < -0.39 is 10.0 Å².